The summed E-state index contributed by atoms with van der Waals surface area (Å²) in [5.41, 5.74) is 1.07. The van der Waals surface area contributed by atoms with E-state index in [1.54, 1.807) is 6.07 Å². The number of aliphatic carboxylic acids is 1. The van der Waals surface area contributed by atoms with E-state index >= 15 is 0 Å². The van der Waals surface area contributed by atoms with Gasteiger partial charge in [0.1, 0.15) is 11.2 Å². The predicted molar refractivity (Wildman–Crippen MR) is 77.0 cm³/mol. The summed E-state index contributed by atoms with van der Waals surface area (Å²) in [4.78, 5) is 27.2. The van der Waals surface area contributed by atoms with Crippen molar-refractivity contribution in [3.8, 4) is 0 Å². The third kappa shape index (κ3) is 4.81. The van der Waals surface area contributed by atoms with Gasteiger partial charge in [0.15, 0.2) is 0 Å². The maximum absolute atomic E-state index is 12.1. The average molecular weight is 299 g/mol. The van der Waals surface area contributed by atoms with Gasteiger partial charge in [0, 0.05) is 11.3 Å². The van der Waals surface area contributed by atoms with Crippen LogP contribution in [0.1, 0.15) is 49.2 Å². The van der Waals surface area contributed by atoms with Gasteiger partial charge in [0.05, 0.1) is 0 Å². The van der Waals surface area contributed by atoms with Crippen molar-refractivity contribution >= 4 is 23.5 Å². The zero-order valence-corrected chi connectivity index (χ0v) is 12.4. The first-order valence-electron chi connectivity index (χ1n) is 6.68. The van der Waals surface area contributed by atoms with E-state index in [4.69, 9.17) is 16.7 Å². The molecule has 0 saturated carbocycles. The Hall–Kier alpha value is -1.62. The van der Waals surface area contributed by atoms with Gasteiger partial charge in [0.25, 0.3) is 5.91 Å². The number of rotatable bonds is 7. The Morgan fingerprint density at radius 3 is 2.60 bits per heavy atom. The van der Waals surface area contributed by atoms with Gasteiger partial charge in [-0.05, 0) is 25.0 Å². The lowest BCUT2D eigenvalue weighted by Gasteiger charge is -2.14. The first-order valence-corrected chi connectivity index (χ1v) is 7.05. The molecule has 0 radical (unpaired) electrons. The Labute approximate surface area is 123 Å². The molecular formula is C14H19ClN2O3. The highest BCUT2D eigenvalue weighted by atomic mass is 35.5. The Kier molecular flexibility index (Phi) is 6.45. The third-order valence-corrected chi connectivity index (χ3v) is 2.99. The van der Waals surface area contributed by atoms with Crippen LogP contribution in [0.4, 0.5) is 0 Å². The lowest BCUT2D eigenvalue weighted by atomic mass is 10.1. The normalized spacial score (nSPS) is 11.9. The van der Waals surface area contributed by atoms with Crippen molar-refractivity contribution < 1.29 is 14.7 Å². The van der Waals surface area contributed by atoms with Crippen LogP contribution < -0.4 is 5.32 Å². The van der Waals surface area contributed by atoms with E-state index in [0.717, 1.165) is 18.5 Å². The maximum Gasteiger partial charge on any atom is 0.326 e. The van der Waals surface area contributed by atoms with E-state index in [2.05, 4.69) is 10.3 Å². The number of halogens is 1. The monoisotopic (exact) mass is 298 g/mol. The molecule has 0 spiro atoms. The number of carboxylic acids is 1. The number of hydrogen-bond acceptors (Lipinski definition) is 3. The minimum Gasteiger partial charge on any atom is -0.480 e. The van der Waals surface area contributed by atoms with Crippen LogP contribution in [0.15, 0.2) is 12.1 Å². The zero-order valence-electron chi connectivity index (χ0n) is 11.6. The minimum absolute atomic E-state index is 0.239. The molecule has 5 nitrogen and oxygen atoms in total. The van der Waals surface area contributed by atoms with Crippen molar-refractivity contribution in [1.82, 2.24) is 10.3 Å². The van der Waals surface area contributed by atoms with E-state index in [1.165, 1.54) is 6.07 Å². The molecule has 2 N–H and O–H groups in total. The van der Waals surface area contributed by atoms with Crippen molar-refractivity contribution in [3.63, 3.8) is 0 Å². The van der Waals surface area contributed by atoms with Crippen molar-refractivity contribution in [1.29, 1.82) is 0 Å². The average Bonchev–Trinajstić information content (AvgIpc) is 2.37. The van der Waals surface area contributed by atoms with E-state index in [1.807, 2.05) is 13.8 Å². The molecule has 20 heavy (non-hydrogen) atoms. The zero-order chi connectivity index (χ0) is 15.1. The number of pyridine rings is 1. The molecule has 0 unspecified atom stereocenters. The topological polar surface area (TPSA) is 79.3 Å². The van der Waals surface area contributed by atoms with Gasteiger partial charge in [-0.1, -0.05) is 38.3 Å². The fourth-order valence-electron chi connectivity index (χ4n) is 1.85. The van der Waals surface area contributed by atoms with E-state index < -0.39 is 17.9 Å². The summed E-state index contributed by atoms with van der Waals surface area (Å²) in [7, 11) is 0. The Bertz CT molecular complexity index is 491. The summed E-state index contributed by atoms with van der Waals surface area (Å²) < 4.78 is 0. The molecule has 1 atom stereocenters. The quantitative estimate of drug-likeness (QED) is 0.759. The van der Waals surface area contributed by atoms with Gasteiger partial charge in [-0.25, -0.2) is 9.78 Å². The van der Waals surface area contributed by atoms with Gasteiger partial charge in [0.2, 0.25) is 0 Å². The van der Waals surface area contributed by atoms with Crippen molar-refractivity contribution in [2.75, 3.05) is 0 Å². The van der Waals surface area contributed by atoms with E-state index in [0.29, 0.717) is 18.4 Å². The number of carbonyl (C=O) groups excluding carboxylic acids is 1. The fraction of sp³-hybridized carbons (Fsp3) is 0.500. The summed E-state index contributed by atoms with van der Waals surface area (Å²) in [6, 6.07) is 2.21. The SMILES string of the molecule is CCCc1cc(C(=O)N[C@@H](CCC)C(=O)O)cc(Cl)n1. The van der Waals surface area contributed by atoms with Crippen LogP contribution in [-0.4, -0.2) is 28.0 Å². The molecule has 1 aromatic heterocycles. The first kappa shape index (κ1) is 16.4. The fourth-order valence-corrected chi connectivity index (χ4v) is 2.08. The summed E-state index contributed by atoms with van der Waals surface area (Å²) in [5.74, 6) is -1.47. The number of hydrogen-bond donors (Lipinski definition) is 2. The molecule has 110 valence electrons. The molecule has 1 aromatic rings. The van der Waals surface area contributed by atoms with Crippen LogP contribution in [0, 0.1) is 0 Å². The number of nitrogens with one attached hydrogen (secondary N) is 1. The Morgan fingerprint density at radius 2 is 2.05 bits per heavy atom. The molecular weight excluding hydrogens is 280 g/mol. The van der Waals surface area contributed by atoms with Crippen LogP contribution in [0.2, 0.25) is 5.15 Å². The molecule has 0 aliphatic rings. The number of carbonyl (C=O) groups is 2. The molecule has 0 aliphatic heterocycles. The second-order valence-electron chi connectivity index (χ2n) is 4.57. The van der Waals surface area contributed by atoms with E-state index in [-0.39, 0.29) is 5.15 Å². The van der Waals surface area contributed by atoms with Crippen molar-refractivity contribution in [2.45, 2.75) is 45.6 Å². The number of aromatic nitrogens is 1. The van der Waals surface area contributed by atoms with Gasteiger partial charge in [-0.15, -0.1) is 0 Å². The second-order valence-corrected chi connectivity index (χ2v) is 4.96. The smallest absolute Gasteiger partial charge is 0.326 e. The van der Waals surface area contributed by atoms with Crippen molar-refractivity contribution in [3.05, 3.63) is 28.5 Å². The molecule has 6 heteroatoms. The largest absolute Gasteiger partial charge is 0.480 e. The number of carboxylic acid groups (broad SMARTS) is 1. The van der Waals surface area contributed by atoms with Crippen LogP contribution in [0.5, 0.6) is 0 Å². The standard InChI is InChI=1S/C14H19ClN2O3/c1-3-5-10-7-9(8-12(15)16-10)13(18)17-11(6-4-2)14(19)20/h7-8,11H,3-6H2,1-2H3,(H,17,18)(H,19,20)/t11-/m0/s1. The maximum atomic E-state index is 12.1. The number of aryl methyl sites for hydroxylation is 1. The van der Waals surface area contributed by atoms with Gasteiger partial charge >= 0.3 is 5.97 Å². The molecule has 0 saturated heterocycles. The summed E-state index contributed by atoms with van der Waals surface area (Å²) in [6.45, 7) is 3.87. The summed E-state index contributed by atoms with van der Waals surface area (Å²) in [5, 5.41) is 11.8. The van der Waals surface area contributed by atoms with Gasteiger partial charge in [-0.2, -0.15) is 0 Å². The first-order chi connectivity index (χ1) is 9.47. The summed E-state index contributed by atoms with van der Waals surface area (Å²) >= 11 is 5.88. The second kappa shape index (κ2) is 7.85. The molecule has 1 heterocycles. The van der Waals surface area contributed by atoms with Gasteiger partial charge in [-0.3, -0.25) is 4.79 Å². The van der Waals surface area contributed by atoms with Crippen molar-refractivity contribution in [2.24, 2.45) is 0 Å². The Morgan fingerprint density at radius 1 is 1.35 bits per heavy atom. The number of amides is 1. The highest BCUT2D eigenvalue weighted by molar-refractivity contribution is 6.29. The summed E-state index contributed by atoms with van der Waals surface area (Å²) in [6.07, 6.45) is 2.68. The highest BCUT2D eigenvalue weighted by Gasteiger charge is 2.20. The van der Waals surface area contributed by atoms with E-state index in [9.17, 15) is 9.59 Å². The van der Waals surface area contributed by atoms with Crippen LogP contribution in [0.3, 0.4) is 0 Å². The van der Waals surface area contributed by atoms with Gasteiger partial charge < -0.3 is 10.4 Å². The molecule has 0 fully saturated rings. The Balaban J connectivity index is 2.88. The molecule has 0 aliphatic carbocycles. The molecule has 1 amide bonds. The molecule has 0 aromatic carbocycles. The van der Waals surface area contributed by atoms with Crippen LogP contribution in [0.25, 0.3) is 0 Å². The minimum atomic E-state index is -1.03. The van der Waals surface area contributed by atoms with Crippen LogP contribution >= 0.6 is 11.6 Å². The third-order valence-electron chi connectivity index (χ3n) is 2.80. The molecule has 0 bridgehead atoms. The predicted octanol–water partition coefficient (Wildman–Crippen LogP) is 2.67. The molecule has 1 rings (SSSR count). The highest BCUT2D eigenvalue weighted by Crippen LogP contribution is 2.13. The lowest BCUT2D eigenvalue weighted by Crippen LogP contribution is -2.40. The van der Waals surface area contributed by atoms with Crippen LogP contribution in [-0.2, 0) is 11.2 Å². The lowest BCUT2D eigenvalue weighted by molar-refractivity contribution is -0.139. The number of nitrogens with zero attached hydrogens (tertiary/aromatic N) is 1.